The number of halogens is 11. The number of aryl methyl sites for hydroxylation is 4. The van der Waals surface area contributed by atoms with Gasteiger partial charge in [-0.15, -0.1) is 12.4 Å². The highest BCUT2D eigenvalue weighted by Gasteiger charge is 2.53. The highest BCUT2D eigenvalue weighted by Crippen LogP contribution is 2.47. The number of ketones is 1. The number of benzene rings is 4. The molecule has 44 heteroatoms. The fraction of sp³-hybridized carbons (Fsp3) is 0.232. The maximum absolute atomic E-state index is 14.1. The minimum atomic E-state index is -1.25. The molecule has 0 radical (unpaired) electrons. The van der Waals surface area contributed by atoms with E-state index in [9.17, 15) is 70.3 Å². The fourth-order valence-corrected chi connectivity index (χ4v) is 17.1. The number of fused-ring (bicyclic) bond motifs is 13. The number of aromatic nitrogens is 10. The van der Waals surface area contributed by atoms with Crippen LogP contribution >= 0.6 is 90.7 Å². The van der Waals surface area contributed by atoms with Gasteiger partial charge in [0.25, 0.3) is 45.9 Å². The van der Waals surface area contributed by atoms with Gasteiger partial charge in [0, 0.05) is 46.9 Å². The Morgan fingerprint density at radius 3 is 1.22 bits per heavy atom. The second-order valence-electron chi connectivity index (χ2n) is 30.7. The number of H-pyrrole nitrogens is 1. The van der Waals surface area contributed by atoms with Gasteiger partial charge in [-0.3, -0.25) is 67.5 Å². The van der Waals surface area contributed by atoms with E-state index >= 15 is 0 Å². The van der Waals surface area contributed by atoms with Gasteiger partial charge in [-0.05, 0) is 213 Å². The van der Waals surface area contributed by atoms with Gasteiger partial charge < -0.3 is 58.2 Å². The average molecular weight is 1960 g/mol. The van der Waals surface area contributed by atoms with Crippen LogP contribution in [-0.4, -0.2) is 101 Å². The van der Waals surface area contributed by atoms with Gasteiger partial charge >= 0.3 is 12.2 Å². The third kappa shape index (κ3) is 19.3. The molecule has 7 aromatic heterocycles. The van der Waals surface area contributed by atoms with Gasteiger partial charge in [0.15, 0.2) is 5.78 Å². The zero-order valence-corrected chi connectivity index (χ0v) is 73.6. The summed E-state index contributed by atoms with van der Waals surface area (Å²) in [6, 6.07) is 27.3. The molecule has 0 saturated carbocycles. The molecule has 33 nitrogen and oxygen atoms in total. The van der Waals surface area contributed by atoms with E-state index in [4.69, 9.17) is 73.1 Å². The number of Topliss-reactive ketones (excluding diaryl/α,β-unsaturated/α-hetero) is 1. The van der Waals surface area contributed by atoms with Crippen LogP contribution in [0.1, 0.15) is 158 Å². The first-order chi connectivity index (χ1) is 58.9. The number of nitrogens with one attached hydrogen (secondary N) is 8. The molecule has 0 saturated heterocycles. The summed E-state index contributed by atoms with van der Waals surface area (Å²) in [6.45, 7) is 10.5. The third-order valence-electron chi connectivity index (χ3n) is 20.0. The number of anilines is 8. The summed E-state index contributed by atoms with van der Waals surface area (Å²) in [5.74, 6) is -2.31. The Labute approximate surface area is 753 Å². The Kier molecular flexibility index (Phi) is 26.8. The van der Waals surface area contributed by atoms with Crippen LogP contribution in [0.3, 0.4) is 0 Å². The van der Waals surface area contributed by atoms with E-state index < -0.39 is 98.1 Å². The molecule has 3 unspecified atom stereocenters. The first-order valence-electron chi connectivity index (χ1n) is 37.5. The molecule has 3 aliphatic heterocycles. The van der Waals surface area contributed by atoms with Crippen molar-refractivity contribution in [3.8, 4) is 0 Å². The maximum Gasteiger partial charge on any atom is 0.413 e. The number of pyridine rings is 4. The van der Waals surface area contributed by atoms with Crippen LogP contribution in [0.5, 0.6) is 0 Å². The normalized spacial score (nSPS) is 16.9. The third-order valence-corrected chi connectivity index (χ3v) is 22.3. The Morgan fingerprint density at radius 1 is 0.452 bits per heavy atom. The molecule has 7 aliphatic rings. The van der Waals surface area contributed by atoms with Gasteiger partial charge in [-0.25, -0.2) is 57.1 Å². The number of carbonyl (C=O) groups excluding carboxylic acids is 7. The number of rotatable bonds is 7. The molecule has 18 rings (SSSR count). The molecule has 11 aromatic rings. The van der Waals surface area contributed by atoms with Crippen molar-refractivity contribution >= 4 is 179 Å². The first kappa shape index (κ1) is 92.5. The second-order valence-corrected chi connectivity index (χ2v) is 34.0. The van der Waals surface area contributed by atoms with Crippen LogP contribution in [0.4, 0.5) is 73.4 Å². The number of hydrogen-bond donors (Lipinski definition) is 11. The summed E-state index contributed by atoms with van der Waals surface area (Å²) in [5, 5.41) is 19.7. The molecule has 6 amide bonds. The number of primary amides is 1. The molecule has 10 heterocycles. The lowest BCUT2D eigenvalue weighted by molar-refractivity contribution is 0.0624. The highest BCUT2D eigenvalue weighted by atomic mass is 79.9. The second kappa shape index (κ2) is 36.5. The lowest BCUT2D eigenvalue weighted by Crippen LogP contribution is -2.47. The van der Waals surface area contributed by atoms with Gasteiger partial charge in [0.1, 0.15) is 139 Å². The Bertz CT molecular complexity index is 6620. The van der Waals surface area contributed by atoms with E-state index in [0.717, 1.165) is 28.7 Å². The van der Waals surface area contributed by atoms with Gasteiger partial charge in [-0.1, -0.05) is 70.7 Å². The van der Waals surface area contributed by atoms with Crippen LogP contribution in [0.25, 0.3) is 0 Å². The molecule has 4 aromatic carbocycles. The van der Waals surface area contributed by atoms with Crippen LogP contribution in [-0.2, 0) is 52.1 Å². The van der Waals surface area contributed by atoms with Gasteiger partial charge in [0.2, 0.25) is 0 Å². The van der Waals surface area contributed by atoms with Crippen molar-refractivity contribution in [3.63, 3.8) is 0 Å². The van der Waals surface area contributed by atoms with Crippen LogP contribution in [0.15, 0.2) is 162 Å². The zero-order valence-electron chi connectivity index (χ0n) is 66.6. The summed E-state index contributed by atoms with van der Waals surface area (Å²) in [4.78, 5) is 159. The van der Waals surface area contributed by atoms with Crippen molar-refractivity contribution in [2.24, 2.45) is 5.73 Å². The number of nitrogens with two attached hydrogens (primary N) is 3. The van der Waals surface area contributed by atoms with Crippen LogP contribution < -0.4 is 76.7 Å². The van der Waals surface area contributed by atoms with Crippen molar-refractivity contribution < 1.29 is 60.6 Å². The minimum Gasteiger partial charge on any atom is -0.444 e. The molecule has 0 bridgehead atoms. The number of nitrogen functional groups attached to an aromatic ring is 2. The van der Waals surface area contributed by atoms with Crippen molar-refractivity contribution in [3.05, 3.63) is 295 Å². The Balaban J connectivity index is 0.000000144. The molecular weight excluding hydrogens is 1890 g/mol. The van der Waals surface area contributed by atoms with Crippen LogP contribution in [0.2, 0.25) is 20.1 Å². The van der Waals surface area contributed by atoms with Crippen molar-refractivity contribution in [1.82, 2.24) is 64.5 Å². The molecule has 654 valence electrons. The van der Waals surface area contributed by atoms with Gasteiger partial charge in [0.05, 0.1) is 29.0 Å². The highest BCUT2D eigenvalue weighted by molar-refractivity contribution is 9.10. The summed E-state index contributed by atoms with van der Waals surface area (Å²) in [6.07, 6.45) is 6.79. The minimum absolute atomic E-state index is 0. The molecule has 14 N–H and O–H groups in total. The summed E-state index contributed by atoms with van der Waals surface area (Å²) in [7, 11) is 0. The SMILES string of the molecule is CC(C)(C)OC(=O)Nc1cc(N)ncn1.CC(C)(C)OC(=O)Nc1cc(Nc2cc(Cl)c3n(c2=O)C2(CCc4ccc(F)cc42)NC3=O)ncn1.Cl.NC(=O)c1[nH]c(=O)c(Br)cc1Cl.Nc1cc(Nc2cc(Cl)c3n(c2=O)C2(CCc4ccc(F)cc42)NC3=O)ncn1.O=C1CCc2ccc(F)cc21.O=C1NC2(CCc3ccc(F)cc32)n2c1c(Cl)cc(Br)c2=O. The largest absolute Gasteiger partial charge is 0.444 e. The quantitative estimate of drug-likeness (QED) is 0.0660. The number of ether oxygens (including phenoxy) is 2. The van der Waals surface area contributed by atoms with E-state index in [2.05, 4.69) is 104 Å². The Hall–Kier alpha value is -12.7. The molecule has 0 fully saturated rings. The number of amides is 6. The van der Waals surface area contributed by atoms with Crippen molar-refractivity contribution in [2.75, 3.05) is 32.7 Å². The fourth-order valence-electron chi connectivity index (χ4n) is 15.0. The Morgan fingerprint density at radius 2 is 0.810 bits per heavy atom. The van der Waals surface area contributed by atoms with E-state index in [1.54, 1.807) is 65.8 Å². The smallest absolute Gasteiger partial charge is 0.413 e. The predicted octanol–water partition coefficient (Wildman–Crippen LogP) is 13.5. The van der Waals surface area contributed by atoms with Gasteiger partial charge in [-0.2, -0.15) is 0 Å². The van der Waals surface area contributed by atoms with Crippen molar-refractivity contribution in [1.29, 1.82) is 0 Å². The predicted molar refractivity (Wildman–Crippen MR) is 468 cm³/mol. The lowest BCUT2D eigenvalue weighted by Gasteiger charge is -2.28. The molecule has 3 atom stereocenters. The zero-order chi connectivity index (χ0) is 90.4. The average Bonchev–Trinajstić information content (AvgIpc) is 1.56. The summed E-state index contributed by atoms with van der Waals surface area (Å²) >= 11 is 30.7. The summed E-state index contributed by atoms with van der Waals surface area (Å²) < 4.78 is 69.1. The topological polar surface area (TPSA) is 476 Å². The molecule has 126 heavy (non-hydrogen) atoms. The number of aromatic amines is 1. The number of nitrogens with zero attached hydrogens (tertiary/aromatic N) is 9. The van der Waals surface area contributed by atoms with Crippen LogP contribution in [0, 0.1) is 23.3 Å². The molecule has 4 aliphatic carbocycles. The first-order valence-corrected chi connectivity index (χ1v) is 40.6. The monoisotopic (exact) mass is 1950 g/mol. The number of carbonyl (C=O) groups is 7. The van der Waals surface area contributed by atoms with E-state index in [-0.39, 0.29) is 116 Å². The van der Waals surface area contributed by atoms with E-state index in [1.165, 1.54) is 124 Å². The maximum atomic E-state index is 14.1. The van der Waals surface area contributed by atoms with E-state index in [0.29, 0.717) is 78.8 Å². The lowest BCUT2D eigenvalue weighted by atomic mass is 10.0. The standard InChI is InChI=1S/C24H22ClFN6O4.C19H14ClFN6O2.C15H9BrClFN2O2.C9H7FO.C9H14N4O2.C6H4BrClN2O2.ClH/c1-23(2,3)36-22(35)30-18-10-17(27-11-28-18)29-16-9-15(25)19-20(33)31-24(32(19)21(16)34)7-6-12-4-5-13(26)8-14(12)24;20-12-6-13(25-15-7-14(22)23-8-24-15)18(29)27-16(12)17(28)26-19(27)4-3-9-1-2-10(21)5-11(9)19;16-10-6-11(17)12-13(21)19-15(20(12)14(10)22)4-3-7-1-2-8(18)5-9(7)15;10-7-3-1-6-2-4-9(11)8(6)5-7;1-9(2,3)15-8(14)13-7-4-6(10)11-5-12-7;7-2-1-3(8)4(5(9)11)10-6(2)12;/h4-5,8-11H,6-7H2,1-3H3,(H,31,33)(H2,27,28,29,30,35);1-2,5-8H,3-4H2,(H,26,28)(H3,22,23,24,25);1-2,5-6H,3-4H2,(H,19,21);1,3,5H,2,4H2;4-5H,1-3H3,(H3,10,11,12,13,14);1H,(H2,9,11)(H,10,12);1H. The van der Waals surface area contributed by atoms with Crippen molar-refractivity contribution in [2.45, 2.75) is 121 Å². The molecular formula is C82H71Br2Cl5F4N20O13. The number of hydrogen-bond acceptors (Lipinski definition) is 23. The summed E-state index contributed by atoms with van der Waals surface area (Å²) in [5.41, 5.74) is 15.5. The van der Waals surface area contributed by atoms with E-state index in [1.807, 2.05) is 0 Å². The molecule has 3 spiro atoms.